The first-order chi connectivity index (χ1) is 9.10. The standard InChI is InChI=1S/C15H13ClO2S/c1-2-10-9-12(16)5-8-14(10)19-13-6-3-11(4-7-13)15(17)18/h3-9H,2H2,1H3,(H,17,18). The maximum Gasteiger partial charge on any atom is 0.335 e. The molecule has 0 aliphatic heterocycles. The van der Waals surface area contributed by atoms with E-state index in [1.807, 2.05) is 30.3 Å². The van der Waals surface area contributed by atoms with E-state index in [0.29, 0.717) is 5.56 Å². The zero-order chi connectivity index (χ0) is 13.8. The summed E-state index contributed by atoms with van der Waals surface area (Å²) in [7, 11) is 0. The molecule has 19 heavy (non-hydrogen) atoms. The van der Waals surface area contributed by atoms with Gasteiger partial charge in [-0.15, -0.1) is 0 Å². The Morgan fingerprint density at radius 1 is 1.21 bits per heavy atom. The van der Waals surface area contributed by atoms with E-state index < -0.39 is 5.97 Å². The lowest BCUT2D eigenvalue weighted by atomic mass is 10.2. The van der Waals surface area contributed by atoms with Crippen LogP contribution in [0.2, 0.25) is 5.02 Å². The third-order valence-corrected chi connectivity index (χ3v) is 4.09. The highest BCUT2D eigenvalue weighted by Gasteiger charge is 2.06. The highest BCUT2D eigenvalue weighted by atomic mass is 35.5. The van der Waals surface area contributed by atoms with Gasteiger partial charge in [0.05, 0.1) is 5.56 Å². The van der Waals surface area contributed by atoms with Crippen molar-refractivity contribution in [2.45, 2.75) is 23.1 Å². The van der Waals surface area contributed by atoms with Gasteiger partial charge in [-0.05, 0) is 54.4 Å². The molecule has 2 rings (SSSR count). The predicted molar refractivity (Wildman–Crippen MR) is 78.4 cm³/mol. The van der Waals surface area contributed by atoms with E-state index >= 15 is 0 Å². The molecule has 0 fully saturated rings. The van der Waals surface area contributed by atoms with Crippen LogP contribution in [-0.4, -0.2) is 11.1 Å². The number of carboxylic acids is 1. The number of aromatic carboxylic acids is 1. The van der Waals surface area contributed by atoms with Crippen LogP contribution < -0.4 is 0 Å². The third kappa shape index (κ3) is 3.52. The quantitative estimate of drug-likeness (QED) is 0.883. The number of carboxylic acid groups (broad SMARTS) is 1. The van der Waals surface area contributed by atoms with Crippen molar-refractivity contribution in [3.63, 3.8) is 0 Å². The normalized spacial score (nSPS) is 10.4. The second-order valence-electron chi connectivity index (χ2n) is 4.04. The molecule has 0 atom stereocenters. The fraction of sp³-hybridized carbons (Fsp3) is 0.133. The van der Waals surface area contributed by atoms with E-state index in [-0.39, 0.29) is 0 Å². The van der Waals surface area contributed by atoms with Crippen molar-refractivity contribution in [3.8, 4) is 0 Å². The molecule has 2 aromatic rings. The molecule has 4 heteroatoms. The van der Waals surface area contributed by atoms with Gasteiger partial charge in [-0.25, -0.2) is 4.79 Å². The van der Waals surface area contributed by atoms with Gasteiger partial charge < -0.3 is 5.11 Å². The molecular formula is C15H13ClO2S. The zero-order valence-corrected chi connectivity index (χ0v) is 12.0. The van der Waals surface area contributed by atoms with Gasteiger partial charge >= 0.3 is 5.97 Å². The molecule has 0 spiro atoms. The maximum absolute atomic E-state index is 10.8. The minimum absolute atomic E-state index is 0.302. The Balaban J connectivity index is 2.23. The Morgan fingerprint density at radius 3 is 2.47 bits per heavy atom. The maximum atomic E-state index is 10.8. The Bertz CT molecular complexity index is 594. The average Bonchev–Trinajstić information content (AvgIpc) is 2.41. The van der Waals surface area contributed by atoms with Gasteiger partial charge in [-0.1, -0.05) is 30.3 Å². The molecule has 0 aromatic heterocycles. The topological polar surface area (TPSA) is 37.3 Å². The fourth-order valence-electron chi connectivity index (χ4n) is 1.72. The summed E-state index contributed by atoms with van der Waals surface area (Å²) >= 11 is 7.60. The van der Waals surface area contributed by atoms with E-state index in [4.69, 9.17) is 16.7 Å². The lowest BCUT2D eigenvalue weighted by molar-refractivity contribution is 0.0697. The van der Waals surface area contributed by atoms with Crippen molar-refractivity contribution in [2.75, 3.05) is 0 Å². The smallest absolute Gasteiger partial charge is 0.335 e. The minimum atomic E-state index is -0.905. The summed E-state index contributed by atoms with van der Waals surface area (Å²) in [5.74, 6) is -0.905. The summed E-state index contributed by atoms with van der Waals surface area (Å²) in [6, 6.07) is 12.7. The summed E-state index contributed by atoms with van der Waals surface area (Å²) in [6.45, 7) is 2.09. The Labute approximate surface area is 121 Å². The number of aryl methyl sites for hydroxylation is 1. The van der Waals surface area contributed by atoms with Gasteiger partial charge in [-0.3, -0.25) is 0 Å². The van der Waals surface area contributed by atoms with Crippen molar-refractivity contribution < 1.29 is 9.90 Å². The molecular weight excluding hydrogens is 280 g/mol. The molecule has 0 unspecified atom stereocenters. The molecule has 1 N–H and O–H groups in total. The van der Waals surface area contributed by atoms with Crippen molar-refractivity contribution in [3.05, 3.63) is 58.6 Å². The van der Waals surface area contributed by atoms with Crippen LogP contribution >= 0.6 is 23.4 Å². The molecule has 0 radical (unpaired) electrons. The summed E-state index contributed by atoms with van der Waals surface area (Å²) in [5.41, 5.74) is 1.50. The number of carbonyl (C=O) groups is 1. The van der Waals surface area contributed by atoms with E-state index in [0.717, 1.165) is 21.2 Å². The summed E-state index contributed by atoms with van der Waals surface area (Å²) < 4.78 is 0. The number of rotatable bonds is 4. The largest absolute Gasteiger partial charge is 0.478 e. The molecule has 2 nitrogen and oxygen atoms in total. The molecule has 0 aliphatic carbocycles. The molecule has 0 saturated carbocycles. The summed E-state index contributed by atoms with van der Waals surface area (Å²) in [6.07, 6.45) is 0.913. The van der Waals surface area contributed by atoms with Crippen LogP contribution in [0.25, 0.3) is 0 Å². The minimum Gasteiger partial charge on any atom is -0.478 e. The first-order valence-corrected chi connectivity index (χ1v) is 7.09. The third-order valence-electron chi connectivity index (χ3n) is 2.73. The van der Waals surface area contributed by atoms with Crippen LogP contribution in [0.4, 0.5) is 0 Å². The van der Waals surface area contributed by atoms with Crippen LogP contribution in [0.1, 0.15) is 22.8 Å². The monoisotopic (exact) mass is 292 g/mol. The number of halogens is 1. The average molecular weight is 293 g/mol. The molecule has 0 aliphatic rings. The van der Waals surface area contributed by atoms with E-state index in [1.54, 1.807) is 23.9 Å². The zero-order valence-electron chi connectivity index (χ0n) is 10.4. The number of hydrogen-bond donors (Lipinski definition) is 1. The van der Waals surface area contributed by atoms with Crippen LogP contribution in [0.15, 0.2) is 52.3 Å². The van der Waals surface area contributed by atoms with E-state index in [1.165, 1.54) is 5.56 Å². The number of hydrogen-bond acceptors (Lipinski definition) is 2. The van der Waals surface area contributed by atoms with Gasteiger partial charge in [0.2, 0.25) is 0 Å². The lowest BCUT2D eigenvalue weighted by Gasteiger charge is -2.08. The highest BCUT2D eigenvalue weighted by molar-refractivity contribution is 7.99. The molecule has 0 saturated heterocycles. The molecule has 98 valence electrons. The predicted octanol–water partition coefficient (Wildman–Crippen LogP) is 4.75. The first kappa shape index (κ1) is 14.0. The highest BCUT2D eigenvalue weighted by Crippen LogP contribution is 2.32. The van der Waals surface area contributed by atoms with E-state index in [2.05, 4.69) is 6.92 Å². The van der Waals surface area contributed by atoms with Gasteiger partial charge in [-0.2, -0.15) is 0 Å². The van der Waals surface area contributed by atoms with Crippen molar-refractivity contribution in [2.24, 2.45) is 0 Å². The molecule has 0 bridgehead atoms. The second-order valence-corrected chi connectivity index (χ2v) is 5.59. The SMILES string of the molecule is CCc1cc(Cl)ccc1Sc1ccc(C(=O)O)cc1. The molecule has 0 heterocycles. The summed E-state index contributed by atoms with van der Waals surface area (Å²) in [5, 5.41) is 9.60. The lowest BCUT2D eigenvalue weighted by Crippen LogP contribution is -1.94. The van der Waals surface area contributed by atoms with Crippen LogP contribution in [0.3, 0.4) is 0 Å². The van der Waals surface area contributed by atoms with Crippen molar-refractivity contribution in [1.29, 1.82) is 0 Å². The van der Waals surface area contributed by atoms with Crippen LogP contribution in [0, 0.1) is 0 Å². The Morgan fingerprint density at radius 2 is 1.89 bits per heavy atom. The number of benzene rings is 2. The molecule has 0 amide bonds. The molecule has 2 aromatic carbocycles. The Hall–Kier alpha value is -1.45. The Kier molecular flexibility index (Phi) is 4.51. The van der Waals surface area contributed by atoms with Gasteiger partial charge in [0.25, 0.3) is 0 Å². The first-order valence-electron chi connectivity index (χ1n) is 5.90. The van der Waals surface area contributed by atoms with Gasteiger partial charge in [0, 0.05) is 14.8 Å². The van der Waals surface area contributed by atoms with Crippen LogP contribution in [0.5, 0.6) is 0 Å². The second kappa shape index (κ2) is 6.13. The van der Waals surface area contributed by atoms with E-state index in [9.17, 15) is 4.79 Å². The summed E-state index contributed by atoms with van der Waals surface area (Å²) in [4.78, 5) is 13.0. The van der Waals surface area contributed by atoms with Crippen molar-refractivity contribution >= 4 is 29.3 Å². The fourth-order valence-corrected chi connectivity index (χ4v) is 2.91. The van der Waals surface area contributed by atoms with Crippen molar-refractivity contribution in [1.82, 2.24) is 0 Å². The van der Waals surface area contributed by atoms with Gasteiger partial charge in [0.15, 0.2) is 0 Å². The van der Waals surface area contributed by atoms with Gasteiger partial charge in [0.1, 0.15) is 0 Å². The van der Waals surface area contributed by atoms with Crippen LogP contribution in [-0.2, 0) is 6.42 Å².